The van der Waals surface area contributed by atoms with Crippen LogP contribution in [-0.4, -0.2) is 40.1 Å². The first kappa shape index (κ1) is 23.1. The summed E-state index contributed by atoms with van der Waals surface area (Å²) in [6.07, 6.45) is 1.64. The molecule has 0 fully saturated rings. The Balaban J connectivity index is 0.000000668. The number of aryl methyl sites for hydroxylation is 1. The number of fused-ring (bicyclic) bond motifs is 3. The van der Waals surface area contributed by atoms with Gasteiger partial charge in [-0.3, -0.25) is 9.69 Å². The Labute approximate surface area is 190 Å². The zero-order valence-electron chi connectivity index (χ0n) is 17.6. The van der Waals surface area contributed by atoms with E-state index in [1.54, 1.807) is 11.0 Å². The molecule has 0 radical (unpaired) electrons. The molecular weight excluding hydrogens is 434 g/mol. The highest BCUT2D eigenvalue weighted by atomic mass is 35.5. The molecule has 168 valence electrons. The zero-order valence-corrected chi connectivity index (χ0v) is 18.3. The number of hydrogen-bond donors (Lipinski definition) is 2. The van der Waals surface area contributed by atoms with Crippen molar-refractivity contribution in [2.24, 2.45) is 5.73 Å². The van der Waals surface area contributed by atoms with E-state index < -0.39 is 18.6 Å². The smallest absolute Gasteiger partial charge is 0.341 e. The van der Waals surface area contributed by atoms with Gasteiger partial charge in [0.05, 0.1) is 5.52 Å². The van der Waals surface area contributed by atoms with Gasteiger partial charge in [0.25, 0.3) is 0 Å². The third-order valence-corrected chi connectivity index (χ3v) is 4.98. The van der Waals surface area contributed by atoms with E-state index in [1.165, 1.54) is 6.92 Å². The minimum atomic E-state index is -1.04. The molecule has 1 aliphatic rings. The summed E-state index contributed by atoms with van der Waals surface area (Å²) in [6, 6.07) is 15.0. The van der Waals surface area contributed by atoms with E-state index in [4.69, 9.17) is 15.6 Å². The summed E-state index contributed by atoms with van der Waals surface area (Å²) < 4.78 is 7.59. The Bertz CT molecular complexity index is 1140. The van der Waals surface area contributed by atoms with Crippen molar-refractivity contribution >= 4 is 45.6 Å². The molecule has 8 nitrogen and oxygen atoms in total. The van der Waals surface area contributed by atoms with Crippen LogP contribution in [0.2, 0.25) is 0 Å². The van der Waals surface area contributed by atoms with E-state index in [1.807, 2.05) is 47.0 Å². The Morgan fingerprint density at radius 1 is 1.12 bits per heavy atom. The highest BCUT2D eigenvalue weighted by Crippen LogP contribution is 2.41. The molecule has 0 bridgehead atoms. The molecule has 0 saturated heterocycles. The minimum absolute atomic E-state index is 0.361. The lowest BCUT2D eigenvalue weighted by Crippen LogP contribution is -2.40. The molecule has 0 spiro atoms. The number of nitrogens with two attached hydrogens (primary N) is 1. The molecule has 2 amide bonds. The van der Waals surface area contributed by atoms with Crippen LogP contribution in [0.15, 0.2) is 48.5 Å². The van der Waals surface area contributed by atoms with E-state index in [2.05, 4.69) is 11.6 Å². The van der Waals surface area contributed by atoms with Crippen LogP contribution in [0.1, 0.15) is 24.5 Å². The number of carboxylic acids is 1. The fourth-order valence-corrected chi connectivity index (χ4v) is 3.90. The van der Waals surface area contributed by atoms with Gasteiger partial charge in [0, 0.05) is 31.0 Å². The van der Waals surface area contributed by atoms with Crippen LogP contribution in [0.4, 0.5) is 10.6 Å². The van der Waals surface area contributed by atoms with Gasteiger partial charge < -0.3 is 20.1 Å². The highest BCUT2D eigenvalue weighted by molar-refractivity contribution is 6.62. The zero-order chi connectivity index (χ0) is 23.3. The van der Waals surface area contributed by atoms with Crippen LogP contribution >= 0.6 is 11.6 Å². The predicted molar refractivity (Wildman–Crippen MR) is 122 cm³/mol. The summed E-state index contributed by atoms with van der Waals surface area (Å²) in [7, 11) is 0. The number of rotatable bonds is 5. The summed E-state index contributed by atoms with van der Waals surface area (Å²) in [6.45, 7) is 1.93. The lowest BCUT2D eigenvalue weighted by molar-refractivity contribution is -0.139. The fourth-order valence-electron chi connectivity index (χ4n) is 3.90. The van der Waals surface area contributed by atoms with E-state index in [0.29, 0.717) is 18.8 Å². The molecule has 3 aromatic rings. The molecule has 1 aliphatic heterocycles. The number of benzene rings is 2. The molecule has 9 heteroatoms. The second-order valence-corrected chi connectivity index (χ2v) is 7.80. The quantitative estimate of drug-likeness (QED) is 0.566. The number of halogens is 1. The standard InChI is InChI=1S/C21H21N3O4.C2H3ClO/c22-21(27)23-11-5-9-16-15-8-4-10-17(28-13-18(25)26)19(15)24(20(16)23)12-14-6-2-1-3-7-14;1-2(3)4/h1-4,6-8,10H,5,9,11-13H2,(H2,22,27)(H,25,26);1H3. The molecule has 0 aliphatic carbocycles. The number of aromatic nitrogens is 1. The lowest BCUT2D eigenvalue weighted by atomic mass is 10.0. The van der Waals surface area contributed by atoms with Crippen molar-refractivity contribution in [1.29, 1.82) is 0 Å². The molecule has 0 saturated carbocycles. The summed E-state index contributed by atoms with van der Waals surface area (Å²) in [5.41, 5.74) is 8.55. The number of hydrogen-bond acceptors (Lipinski definition) is 4. The number of primary amides is 1. The number of aliphatic carboxylic acids is 1. The van der Waals surface area contributed by atoms with Crippen molar-refractivity contribution in [1.82, 2.24) is 4.57 Å². The Morgan fingerprint density at radius 3 is 2.44 bits per heavy atom. The number of carbonyl (C=O) groups is 3. The van der Waals surface area contributed by atoms with Gasteiger partial charge in [-0.15, -0.1) is 0 Å². The van der Waals surface area contributed by atoms with Crippen molar-refractivity contribution in [3.63, 3.8) is 0 Å². The number of carboxylic acid groups (broad SMARTS) is 1. The molecule has 2 heterocycles. The molecule has 3 N–H and O–H groups in total. The summed E-state index contributed by atoms with van der Waals surface area (Å²) >= 11 is 4.64. The van der Waals surface area contributed by atoms with Gasteiger partial charge in [-0.1, -0.05) is 42.5 Å². The molecule has 0 atom stereocenters. The maximum Gasteiger partial charge on any atom is 0.341 e. The molecule has 4 rings (SSSR count). The van der Waals surface area contributed by atoms with E-state index in [0.717, 1.165) is 40.7 Å². The first-order valence-electron chi connectivity index (χ1n) is 10.0. The number of carbonyl (C=O) groups excluding carboxylic acids is 2. The average Bonchev–Trinajstić information content (AvgIpc) is 3.07. The number of para-hydroxylation sites is 1. The van der Waals surface area contributed by atoms with Gasteiger partial charge in [-0.25, -0.2) is 9.59 Å². The van der Waals surface area contributed by atoms with Gasteiger partial charge in [0.2, 0.25) is 5.24 Å². The Kier molecular flexibility index (Phi) is 7.37. The van der Waals surface area contributed by atoms with E-state index in [-0.39, 0.29) is 5.24 Å². The highest BCUT2D eigenvalue weighted by Gasteiger charge is 2.29. The second-order valence-electron chi connectivity index (χ2n) is 7.27. The third kappa shape index (κ3) is 5.20. The summed E-state index contributed by atoms with van der Waals surface area (Å²) in [5.74, 6) is 0.209. The topological polar surface area (TPSA) is 115 Å². The molecule has 1 aromatic heterocycles. The van der Waals surface area contributed by atoms with Gasteiger partial charge in [0.15, 0.2) is 6.61 Å². The normalized spacial score (nSPS) is 12.5. The Hall–Kier alpha value is -3.52. The van der Waals surface area contributed by atoms with E-state index in [9.17, 15) is 14.4 Å². The average molecular weight is 458 g/mol. The van der Waals surface area contributed by atoms with Gasteiger partial charge >= 0.3 is 12.0 Å². The monoisotopic (exact) mass is 457 g/mol. The van der Waals surface area contributed by atoms with Gasteiger partial charge in [0.1, 0.15) is 11.6 Å². The third-order valence-electron chi connectivity index (χ3n) is 4.98. The van der Waals surface area contributed by atoms with Crippen molar-refractivity contribution in [2.75, 3.05) is 18.1 Å². The van der Waals surface area contributed by atoms with Gasteiger partial charge in [-0.2, -0.15) is 0 Å². The Morgan fingerprint density at radius 2 is 1.81 bits per heavy atom. The SMILES string of the molecule is CC(=O)Cl.NC(=O)N1CCCc2c1n(Cc1ccccc1)c1c(OCC(=O)O)cccc21. The first-order chi connectivity index (χ1) is 15.3. The number of ether oxygens (including phenoxy) is 1. The number of amides is 2. The number of nitrogens with zero attached hydrogens (tertiary/aromatic N) is 2. The van der Waals surface area contributed by atoms with Gasteiger partial charge in [-0.05, 0) is 36.1 Å². The largest absolute Gasteiger partial charge is 0.480 e. The second kappa shape index (κ2) is 10.2. The van der Waals surface area contributed by atoms with Crippen LogP contribution in [0, 0.1) is 0 Å². The van der Waals surface area contributed by atoms with Crippen molar-refractivity contribution in [2.45, 2.75) is 26.3 Å². The minimum Gasteiger partial charge on any atom is -0.480 e. The van der Waals surface area contributed by atoms with Crippen LogP contribution < -0.4 is 15.4 Å². The fraction of sp³-hybridized carbons (Fsp3) is 0.261. The lowest BCUT2D eigenvalue weighted by Gasteiger charge is -2.28. The van der Waals surface area contributed by atoms with Crippen molar-refractivity contribution in [3.05, 3.63) is 59.7 Å². The van der Waals surface area contributed by atoms with E-state index >= 15 is 0 Å². The van der Waals surface area contributed by atoms with Crippen LogP contribution in [-0.2, 0) is 22.6 Å². The molecule has 2 aromatic carbocycles. The number of anilines is 1. The predicted octanol–water partition coefficient (Wildman–Crippen LogP) is 3.76. The number of urea groups is 1. The molecular formula is C23H24ClN3O5. The molecule has 32 heavy (non-hydrogen) atoms. The van der Waals surface area contributed by atoms with Crippen LogP contribution in [0.3, 0.4) is 0 Å². The summed E-state index contributed by atoms with van der Waals surface area (Å²) in [5, 5.41) is 9.62. The maximum atomic E-state index is 12.1. The molecule has 0 unspecified atom stereocenters. The maximum absolute atomic E-state index is 12.1. The first-order valence-corrected chi connectivity index (χ1v) is 10.4. The van der Waals surface area contributed by atoms with Crippen LogP contribution in [0.5, 0.6) is 5.75 Å². The summed E-state index contributed by atoms with van der Waals surface area (Å²) in [4.78, 5) is 34.0. The van der Waals surface area contributed by atoms with Crippen LogP contribution in [0.25, 0.3) is 10.9 Å². The van der Waals surface area contributed by atoms with Crippen molar-refractivity contribution < 1.29 is 24.2 Å². The van der Waals surface area contributed by atoms with Crippen molar-refractivity contribution in [3.8, 4) is 5.75 Å².